The fourth-order valence-corrected chi connectivity index (χ4v) is 1.75. The number of carboxylic acid groups (broad SMARTS) is 1. The van der Waals surface area contributed by atoms with E-state index in [1.54, 1.807) is 13.8 Å². The summed E-state index contributed by atoms with van der Waals surface area (Å²) >= 11 is 0. The van der Waals surface area contributed by atoms with Crippen LogP contribution in [0, 0.1) is 11.6 Å². The van der Waals surface area contributed by atoms with Gasteiger partial charge in [-0.3, -0.25) is 0 Å². The minimum atomic E-state index is -1.44. The fourth-order valence-electron chi connectivity index (χ4n) is 1.75. The van der Waals surface area contributed by atoms with Gasteiger partial charge in [0.05, 0.1) is 5.69 Å². The lowest BCUT2D eigenvalue weighted by Crippen LogP contribution is -2.55. The summed E-state index contributed by atoms with van der Waals surface area (Å²) in [5.74, 6) is -3.48. The van der Waals surface area contributed by atoms with E-state index < -0.39 is 29.2 Å². The van der Waals surface area contributed by atoms with Crippen molar-refractivity contribution in [3.05, 3.63) is 29.8 Å². The summed E-state index contributed by atoms with van der Waals surface area (Å²) in [4.78, 5) is 23.0. The number of halogens is 2. The zero-order valence-electron chi connectivity index (χ0n) is 11.2. The lowest BCUT2D eigenvalue weighted by Gasteiger charge is -2.28. The normalized spacial score (nSPS) is 11.0. The molecule has 0 saturated heterocycles. The molecule has 0 aliphatic rings. The van der Waals surface area contributed by atoms with E-state index in [0.29, 0.717) is 0 Å². The number of carboxylic acids is 1. The van der Waals surface area contributed by atoms with Crippen LogP contribution in [0.2, 0.25) is 0 Å². The maximum atomic E-state index is 13.4. The first-order valence-electron chi connectivity index (χ1n) is 6.13. The largest absolute Gasteiger partial charge is 0.480 e. The summed E-state index contributed by atoms with van der Waals surface area (Å²) in [6.45, 7) is 3.22. The van der Waals surface area contributed by atoms with Gasteiger partial charge in [0, 0.05) is 0 Å². The van der Waals surface area contributed by atoms with Crippen molar-refractivity contribution in [3.8, 4) is 0 Å². The molecule has 0 unspecified atom stereocenters. The second kappa shape index (κ2) is 6.31. The molecule has 0 atom stereocenters. The van der Waals surface area contributed by atoms with Crippen molar-refractivity contribution in [1.29, 1.82) is 0 Å². The Kier molecular flexibility index (Phi) is 5.01. The van der Waals surface area contributed by atoms with Crippen LogP contribution in [-0.4, -0.2) is 22.6 Å². The van der Waals surface area contributed by atoms with Gasteiger partial charge in [-0.05, 0) is 25.0 Å². The van der Waals surface area contributed by atoms with Crippen molar-refractivity contribution in [2.75, 3.05) is 5.32 Å². The Bertz CT molecular complexity index is 516. The highest BCUT2D eigenvalue weighted by atomic mass is 19.2. The van der Waals surface area contributed by atoms with E-state index >= 15 is 0 Å². The summed E-state index contributed by atoms with van der Waals surface area (Å²) in [6, 6.07) is 2.43. The number of aliphatic carboxylic acids is 1. The summed E-state index contributed by atoms with van der Waals surface area (Å²) < 4.78 is 26.4. The van der Waals surface area contributed by atoms with Gasteiger partial charge in [-0.25, -0.2) is 18.4 Å². The smallest absolute Gasteiger partial charge is 0.329 e. The van der Waals surface area contributed by atoms with Crippen LogP contribution in [0.5, 0.6) is 0 Å². The molecule has 7 heteroatoms. The monoisotopic (exact) mass is 286 g/mol. The molecule has 20 heavy (non-hydrogen) atoms. The standard InChI is InChI=1S/C13H16F2N2O3/c1-3-13(4-2,11(18)19)17-12(20)16-9-7-5-6-8(14)10(9)15/h5-7H,3-4H2,1-2H3,(H,18,19)(H2,16,17,20). The quantitative estimate of drug-likeness (QED) is 0.778. The Morgan fingerprint density at radius 1 is 1.25 bits per heavy atom. The van der Waals surface area contributed by atoms with E-state index in [4.69, 9.17) is 5.11 Å². The minimum Gasteiger partial charge on any atom is -0.480 e. The molecule has 1 aromatic carbocycles. The highest BCUT2D eigenvalue weighted by Crippen LogP contribution is 2.18. The first kappa shape index (κ1) is 15.9. The highest BCUT2D eigenvalue weighted by molar-refractivity contribution is 5.94. The Morgan fingerprint density at radius 2 is 1.85 bits per heavy atom. The molecule has 0 aromatic heterocycles. The van der Waals surface area contributed by atoms with Gasteiger partial charge in [-0.15, -0.1) is 0 Å². The van der Waals surface area contributed by atoms with Crippen molar-refractivity contribution in [3.63, 3.8) is 0 Å². The Balaban J connectivity index is 2.86. The number of hydrogen-bond donors (Lipinski definition) is 3. The van der Waals surface area contributed by atoms with Crippen molar-refractivity contribution in [2.24, 2.45) is 0 Å². The molecule has 0 heterocycles. The number of carbonyl (C=O) groups is 2. The van der Waals surface area contributed by atoms with E-state index in [1.807, 2.05) is 0 Å². The second-order valence-corrected chi connectivity index (χ2v) is 4.27. The minimum absolute atomic E-state index is 0.165. The molecule has 0 aliphatic carbocycles. The Labute approximate surface area is 115 Å². The number of amides is 2. The lowest BCUT2D eigenvalue weighted by atomic mass is 9.93. The molecule has 2 amide bonds. The van der Waals surface area contributed by atoms with Crippen LogP contribution in [0.4, 0.5) is 19.3 Å². The molecule has 0 spiro atoms. The van der Waals surface area contributed by atoms with Gasteiger partial charge in [0.1, 0.15) is 5.54 Å². The predicted octanol–water partition coefficient (Wildman–Crippen LogP) is 2.73. The molecule has 0 saturated carbocycles. The average Bonchev–Trinajstić information content (AvgIpc) is 2.41. The zero-order valence-corrected chi connectivity index (χ0v) is 11.2. The molecular weight excluding hydrogens is 270 g/mol. The second-order valence-electron chi connectivity index (χ2n) is 4.27. The highest BCUT2D eigenvalue weighted by Gasteiger charge is 2.36. The van der Waals surface area contributed by atoms with Crippen LogP contribution in [0.25, 0.3) is 0 Å². The third kappa shape index (κ3) is 3.23. The first-order chi connectivity index (χ1) is 9.36. The van der Waals surface area contributed by atoms with Crippen molar-refractivity contribution in [1.82, 2.24) is 5.32 Å². The SMILES string of the molecule is CCC(CC)(NC(=O)Nc1cccc(F)c1F)C(=O)O. The average molecular weight is 286 g/mol. The third-order valence-corrected chi connectivity index (χ3v) is 3.17. The first-order valence-corrected chi connectivity index (χ1v) is 6.13. The van der Waals surface area contributed by atoms with Crippen LogP contribution >= 0.6 is 0 Å². The van der Waals surface area contributed by atoms with E-state index in [1.165, 1.54) is 12.1 Å². The molecule has 110 valence electrons. The molecule has 0 radical (unpaired) electrons. The molecule has 1 aromatic rings. The van der Waals surface area contributed by atoms with Gasteiger partial charge >= 0.3 is 12.0 Å². The van der Waals surface area contributed by atoms with Crippen molar-refractivity contribution < 1.29 is 23.5 Å². The van der Waals surface area contributed by atoms with Gasteiger partial charge in [0.15, 0.2) is 11.6 Å². The zero-order chi connectivity index (χ0) is 15.3. The van der Waals surface area contributed by atoms with Gasteiger partial charge < -0.3 is 15.7 Å². The third-order valence-electron chi connectivity index (χ3n) is 3.17. The fraction of sp³-hybridized carbons (Fsp3) is 0.385. The summed E-state index contributed by atoms with van der Waals surface area (Å²) in [5, 5.41) is 13.5. The maximum Gasteiger partial charge on any atom is 0.329 e. The topological polar surface area (TPSA) is 78.4 Å². The molecule has 0 fully saturated rings. The van der Waals surface area contributed by atoms with Crippen LogP contribution < -0.4 is 10.6 Å². The predicted molar refractivity (Wildman–Crippen MR) is 69.5 cm³/mol. The number of carbonyl (C=O) groups excluding carboxylic acids is 1. The number of hydrogen-bond acceptors (Lipinski definition) is 2. The van der Waals surface area contributed by atoms with Gasteiger partial charge in [0.25, 0.3) is 0 Å². The van der Waals surface area contributed by atoms with E-state index in [0.717, 1.165) is 6.07 Å². The van der Waals surface area contributed by atoms with E-state index in [9.17, 15) is 18.4 Å². The van der Waals surface area contributed by atoms with Crippen LogP contribution in [-0.2, 0) is 4.79 Å². The number of urea groups is 1. The summed E-state index contributed by atoms with van der Waals surface area (Å²) in [6.07, 6.45) is 0.329. The van der Waals surface area contributed by atoms with Crippen LogP contribution in [0.3, 0.4) is 0 Å². The van der Waals surface area contributed by atoms with E-state index in [-0.39, 0.29) is 18.5 Å². The number of rotatable bonds is 5. The van der Waals surface area contributed by atoms with Crippen LogP contribution in [0.1, 0.15) is 26.7 Å². The number of anilines is 1. The number of benzene rings is 1. The lowest BCUT2D eigenvalue weighted by molar-refractivity contribution is -0.144. The molecular formula is C13H16F2N2O3. The molecule has 0 bridgehead atoms. The molecule has 5 nitrogen and oxygen atoms in total. The van der Waals surface area contributed by atoms with E-state index in [2.05, 4.69) is 10.6 Å². The van der Waals surface area contributed by atoms with Crippen LogP contribution in [0.15, 0.2) is 18.2 Å². The molecule has 0 aliphatic heterocycles. The Hall–Kier alpha value is -2.18. The van der Waals surface area contributed by atoms with Gasteiger partial charge in [-0.1, -0.05) is 19.9 Å². The maximum absolute atomic E-state index is 13.4. The van der Waals surface area contributed by atoms with Gasteiger partial charge in [-0.2, -0.15) is 0 Å². The van der Waals surface area contributed by atoms with Crippen molar-refractivity contribution in [2.45, 2.75) is 32.2 Å². The molecule has 1 rings (SSSR count). The molecule has 3 N–H and O–H groups in total. The van der Waals surface area contributed by atoms with Gasteiger partial charge in [0.2, 0.25) is 0 Å². The number of nitrogens with one attached hydrogen (secondary N) is 2. The summed E-state index contributed by atoms with van der Waals surface area (Å²) in [7, 11) is 0. The van der Waals surface area contributed by atoms with Crippen molar-refractivity contribution >= 4 is 17.7 Å². The summed E-state index contributed by atoms with van der Waals surface area (Å²) in [5.41, 5.74) is -1.79. The Morgan fingerprint density at radius 3 is 2.35 bits per heavy atom.